The Hall–Kier alpha value is -0.870. The van der Waals surface area contributed by atoms with Gasteiger partial charge >= 0.3 is 0 Å². The Morgan fingerprint density at radius 2 is 2.00 bits per heavy atom. The van der Waals surface area contributed by atoms with Crippen LogP contribution in [-0.2, 0) is 17.5 Å². The van der Waals surface area contributed by atoms with Gasteiger partial charge in [0.15, 0.2) is 0 Å². The molecule has 0 aliphatic rings. The first-order valence-electron chi connectivity index (χ1n) is 4.50. The van der Waals surface area contributed by atoms with Crippen molar-refractivity contribution in [1.29, 1.82) is 0 Å². The summed E-state index contributed by atoms with van der Waals surface area (Å²) in [4.78, 5) is 0. The second-order valence-electron chi connectivity index (χ2n) is 2.83. The molecule has 0 aliphatic carbocycles. The van der Waals surface area contributed by atoms with Crippen molar-refractivity contribution in [3.05, 3.63) is 29.8 Å². The van der Waals surface area contributed by atoms with Crippen molar-refractivity contribution < 1.29 is 13.5 Å². The normalized spacial score (nSPS) is 12.4. The van der Waals surface area contributed by atoms with Gasteiger partial charge in [0.25, 0.3) is 0 Å². The third-order valence-corrected chi connectivity index (χ3v) is 2.33. The van der Waals surface area contributed by atoms with E-state index in [1.54, 1.807) is 0 Å². The molecule has 0 saturated carbocycles. The second-order valence-corrected chi connectivity index (χ2v) is 3.85. The maximum atomic E-state index is 10.3. The van der Waals surface area contributed by atoms with E-state index in [2.05, 4.69) is 0 Å². The molecule has 1 aromatic carbocycles. The van der Waals surface area contributed by atoms with Crippen molar-refractivity contribution in [2.45, 2.75) is 13.3 Å². The molecule has 3 nitrogen and oxygen atoms in total. The molecular formula is C10H13O3S-. The molecule has 1 atom stereocenters. The van der Waals surface area contributed by atoms with Crippen molar-refractivity contribution in [2.24, 2.45) is 0 Å². The molecular weight excluding hydrogens is 200 g/mol. The predicted octanol–water partition coefficient (Wildman–Crippen LogP) is 1.51. The lowest BCUT2D eigenvalue weighted by Gasteiger charge is -2.06. The van der Waals surface area contributed by atoms with Crippen molar-refractivity contribution in [3.63, 3.8) is 0 Å². The van der Waals surface area contributed by atoms with E-state index in [0.717, 1.165) is 11.3 Å². The molecule has 0 aromatic heterocycles. The Labute approximate surface area is 86.4 Å². The number of ether oxygens (including phenoxy) is 1. The molecule has 0 heterocycles. The van der Waals surface area contributed by atoms with Crippen LogP contribution in [0.25, 0.3) is 0 Å². The Bertz CT molecular complexity index is 295. The summed E-state index contributed by atoms with van der Waals surface area (Å²) in [7, 11) is 0. The zero-order valence-electron chi connectivity index (χ0n) is 8.06. The fourth-order valence-electron chi connectivity index (χ4n) is 1.12. The first-order valence-corrected chi connectivity index (χ1v) is 5.74. The number of hydrogen-bond acceptors (Lipinski definition) is 3. The fourth-order valence-corrected chi connectivity index (χ4v) is 1.52. The summed E-state index contributed by atoms with van der Waals surface area (Å²) in [6.07, 6.45) is 0.558. The highest BCUT2D eigenvalue weighted by Gasteiger charge is 1.94. The quantitative estimate of drug-likeness (QED) is 0.696. The van der Waals surface area contributed by atoms with Crippen LogP contribution in [0, 0.1) is 0 Å². The van der Waals surface area contributed by atoms with E-state index in [1.807, 2.05) is 31.2 Å². The summed E-state index contributed by atoms with van der Waals surface area (Å²) in [6.45, 7) is 2.57. The van der Waals surface area contributed by atoms with Crippen LogP contribution >= 0.6 is 0 Å². The van der Waals surface area contributed by atoms with Gasteiger partial charge < -0.3 is 9.29 Å². The highest BCUT2D eigenvalue weighted by atomic mass is 32.2. The van der Waals surface area contributed by atoms with Crippen LogP contribution in [0.1, 0.15) is 12.5 Å². The van der Waals surface area contributed by atoms with Crippen LogP contribution in [0.3, 0.4) is 0 Å². The zero-order valence-corrected chi connectivity index (χ0v) is 8.88. The minimum Gasteiger partial charge on any atom is -0.772 e. The minimum absolute atomic E-state index is 0.175. The average molecular weight is 213 g/mol. The first-order chi connectivity index (χ1) is 6.72. The van der Waals surface area contributed by atoms with Gasteiger partial charge in [0.05, 0.1) is 6.61 Å². The lowest BCUT2D eigenvalue weighted by Crippen LogP contribution is -1.99. The third kappa shape index (κ3) is 3.89. The van der Waals surface area contributed by atoms with Gasteiger partial charge in [-0.15, -0.1) is 0 Å². The van der Waals surface area contributed by atoms with Crippen LogP contribution in [0.15, 0.2) is 24.3 Å². The van der Waals surface area contributed by atoms with Gasteiger partial charge in [-0.2, -0.15) is 0 Å². The maximum absolute atomic E-state index is 10.3. The molecule has 0 N–H and O–H groups in total. The highest BCUT2D eigenvalue weighted by Crippen LogP contribution is 2.12. The molecule has 0 saturated heterocycles. The maximum Gasteiger partial charge on any atom is 0.119 e. The fraction of sp³-hybridized carbons (Fsp3) is 0.400. The van der Waals surface area contributed by atoms with E-state index < -0.39 is 11.1 Å². The molecule has 1 rings (SSSR count). The third-order valence-electron chi connectivity index (χ3n) is 1.79. The molecule has 14 heavy (non-hydrogen) atoms. The summed E-state index contributed by atoms with van der Waals surface area (Å²) in [6, 6.07) is 7.48. The first kappa shape index (κ1) is 11.2. The molecule has 0 radical (unpaired) electrons. The summed E-state index contributed by atoms with van der Waals surface area (Å²) in [5.74, 6) is 0.994. The predicted molar refractivity (Wildman–Crippen MR) is 55.1 cm³/mol. The van der Waals surface area contributed by atoms with E-state index in [-0.39, 0.29) is 5.75 Å². The largest absolute Gasteiger partial charge is 0.772 e. The molecule has 0 fully saturated rings. The Balaban J connectivity index is 2.50. The number of hydrogen-bond donors (Lipinski definition) is 0. The van der Waals surface area contributed by atoms with Gasteiger partial charge in [-0.1, -0.05) is 23.2 Å². The second kappa shape index (κ2) is 5.78. The van der Waals surface area contributed by atoms with Crippen molar-refractivity contribution in [2.75, 3.05) is 12.4 Å². The SMILES string of the molecule is CCOc1ccc(CCS(=O)[O-])cc1. The van der Waals surface area contributed by atoms with Gasteiger partial charge in [0.1, 0.15) is 5.75 Å². The monoisotopic (exact) mass is 213 g/mol. The van der Waals surface area contributed by atoms with Crippen molar-refractivity contribution in [1.82, 2.24) is 0 Å². The minimum atomic E-state index is -1.96. The van der Waals surface area contributed by atoms with Gasteiger partial charge in [-0.3, -0.25) is 4.21 Å². The van der Waals surface area contributed by atoms with Gasteiger partial charge in [-0.05, 0) is 31.0 Å². The highest BCUT2D eigenvalue weighted by molar-refractivity contribution is 7.79. The lowest BCUT2D eigenvalue weighted by atomic mass is 10.2. The van der Waals surface area contributed by atoms with Crippen molar-refractivity contribution >= 4 is 11.1 Å². The topological polar surface area (TPSA) is 49.4 Å². The Morgan fingerprint density at radius 3 is 2.50 bits per heavy atom. The molecule has 78 valence electrons. The summed E-state index contributed by atoms with van der Waals surface area (Å²) in [5, 5.41) is 0. The van der Waals surface area contributed by atoms with Crippen LogP contribution < -0.4 is 4.74 Å². The number of rotatable bonds is 5. The molecule has 1 unspecified atom stereocenters. The summed E-state index contributed by atoms with van der Waals surface area (Å²) < 4.78 is 25.9. The number of aryl methyl sites for hydroxylation is 1. The average Bonchev–Trinajstić information content (AvgIpc) is 2.17. The standard InChI is InChI=1S/C10H14O3S/c1-2-13-10-5-3-9(4-6-10)7-8-14(11)12/h3-6H,2,7-8H2,1H3,(H,11,12)/p-1. The number of benzene rings is 1. The van der Waals surface area contributed by atoms with E-state index in [0.29, 0.717) is 13.0 Å². The van der Waals surface area contributed by atoms with Crippen molar-refractivity contribution in [3.8, 4) is 5.75 Å². The van der Waals surface area contributed by atoms with Crippen LogP contribution in [0.4, 0.5) is 0 Å². The van der Waals surface area contributed by atoms with Gasteiger partial charge in [0, 0.05) is 5.75 Å². The van der Waals surface area contributed by atoms with E-state index in [4.69, 9.17) is 4.74 Å². The Morgan fingerprint density at radius 1 is 1.36 bits per heavy atom. The molecule has 0 bridgehead atoms. The molecule has 0 aliphatic heterocycles. The zero-order chi connectivity index (χ0) is 10.4. The van der Waals surface area contributed by atoms with Gasteiger partial charge in [-0.25, -0.2) is 0 Å². The van der Waals surface area contributed by atoms with Crippen LogP contribution in [0.5, 0.6) is 5.75 Å². The molecule has 4 heteroatoms. The summed E-state index contributed by atoms with van der Waals surface area (Å²) >= 11 is -1.96. The summed E-state index contributed by atoms with van der Waals surface area (Å²) in [5.41, 5.74) is 1.01. The van der Waals surface area contributed by atoms with E-state index >= 15 is 0 Å². The van der Waals surface area contributed by atoms with E-state index in [1.165, 1.54) is 0 Å². The van der Waals surface area contributed by atoms with E-state index in [9.17, 15) is 8.76 Å². The van der Waals surface area contributed by atoms with Crippen LogP contribution in [0.2, 0.25) is 0 Å². The smallest absolute Gasteiger partial charge is 0.119 e. The molecule has 0 amide bonds. The molecule has 1 aromatic rings. The Kier molecular flexibility index (Phi) is 4.62. The van der Waals surface area contributed by atoms with Gasteiger partial charge in [0.2, 0.25) is 0 Å². The lowest BCUT2D eigenvalue weighted by molar-refractivity contribution is 0.340. The molecule has 0 spiro atoms. The van der Waals surface area contributed by atoms with Crippen LogP contribution in [-0.4, -0.2) is 21.1 Å².